The summed E-state index contributed by atoms with van der Waals surface area (Å²) in [5.74, 6) is 1.01. The highest BCUT2D eigenvalue weighted by molar-refractivity contribution is 5.79. The van der Waals surface area contributed by atoms with E-state index in [0.29, 0.717) is 5.92 Å². The van der Waals surface area contributed by atoms with Crippen LogP contribution in [0, 0.1) is 11.3 Å². The zero-order valence-corrected chi connectivity index (χ0v) is 13.6. The van der Waals surface area contributed by atoms with Gasteiger partial charge in [0, 0.05) is 7.05 Å². The molecule has 1 saturated carbocycles. The van der Waals surface area contributed by atoms with E-state index in [2.05, 4.69) is 19.9 Å². The SMILES string of the molecule is CCC(C)c1ccccc1OCC(=O)N(C)C1(C#N)CCC1. The van der Waals surface area contributed by atoms with E-state index in [1.807, 2.05) is 24.3 Å². The normalized spacial score (nSPS) is 17.0. The fourth-order valence-corrected chi connectivity index (χ4v) is 2.75. The number of rotatable bonds is 6. The highest BCUT2D eigenvalue weighted by Gasteiger charge is 2.43. The van der Waals surface area contributed by atoms with Crippen molar-refractivity contribution in [2.75, 3.05) is 13.7 Å². The molecule has 1 aromatic carbocycles. The largest absolute Gasteiger partial charge is 0.483 e. The predicted molar refractivity (Wildman–Crippen MR) is 85.6 cm³/mol. The van der Waals surface area contributed by atoms with E-state index in [1.54, 1.807) is 11.9 Å². The number of carbonyl (C=O) groups is 1. The van der Waals surface area contributed by atoms with Gasteiger partial charge in [0.25, 0.3) is 5.91 Å². The van der Waals surface area contributed by atoms with Gasteiger partial charge in [0.1, 0.15) is 11.3 Å². The summed E-state index contributed by atoms with van der Waals surface area (Å²) in [5, 5.41) is 9.31. The molecular formula is C18H24N2O2. The van der Waals surface area contributed by atoms with Crippen LogP contribution in [0.2, 0.25) is 0 Å². The van der Waals surface area contributed by atoms with E-state index in [9.17, 15) is 10.1 Å². The quantitative estimate of drug-likeness (QED) is 0.808. The number of hydrogen-bond acceptors (Lipinski definition) is 3. The van der Waals surface area contributed by atoms with Crippen molar-refractivity contribution in [2.24, 2.45) is 0 Å². The van der Waals surface area contributed by atoms with Crippen LogP contribution in [0.4, 0.5) is 0 Å². The van der Waals surface area contributed by atoms with Gasteiger partial charge in [-0.3, -0.25) is 4.79 Å². The molecule has 0 radical (unpaired) electrons. The average Bonchev–Trinajstić information content (AvgIpc) is 2.51. The number of nitriles is 1. The number of benzene rings is 1. The first-order valence-corrected chi connectivity index (χ1v) is 7.93. The van der Waals surface area contributed by atoms with Crippen molar-refractivity contribution in [1.82, 2.24) is 4.90 Å². The van der Waals surface area contributed by atoms with Crippen molar-refractivity contribution in [1.29, 1.82) is 5.26 Å². The number of ether oxygens (including phenoxy) is 1. The number of nitrogens with zero attached hydrogens (tertiary/aromatic N) is 2. The number of carbonyl (C=O) groups excluding carboxylic acids is 1. The Hall–Kier alpha value is -2.02. The maximum atomic E-state index is 12.3. The Morgan fingerprint density at radius 2 is 2.14 bits per heavy atom. The minimum atomic E-state index is -0.614. The van der Waals surface area contributed by atoms with Crippen molar-refractivity contribution in [3.05, 3.63) is 29.8 Å². The van der Waals surface area contributed by atoms with Crippen LogP contribution < -0.4 is 4.74 Å². The zero-order valence-electron chi connectivity index (χ0n) is 13.6. The Balaban J connectivity index is 2.01. The van der Waals surface area contributed by atoms with Gasteiger partial charge in [-0.15, -0.1) is 0 Å². The molecule has 1 fully saturated rings. The molecule has 4 nitrogen and oxygen atoms in total. The summed E-state index contributed by atoms with van der Waals surface area (Å²) in [5.41, 5.74) is 0.510. The molecular weight excluding hydrogens is 276 g/mol. The van der Waals surface area contributed by atoms with E-state index in [4.69, 9.17) is 4.74 Å². The molecule has 1 atom stereocenters. The Morgan fingerprint density at radius 3 is 2.68 bits per heavy atom. The fraction of sp³-hybridized carbons (Fsp3) is 0.556. The lowest BCUT2D eigenvalue weighted by molar-refractivity contribution is -0.138. The average molecular weight is 300 g/mol. The van der Waals surface area contributed by atoms with Crippen molar-refractivity contribution >= 4 is 5.91 Å². The van der Waals surface area contributed by atoms with Gasteiger partial charge in [-0.2, -0.15) is 5.26 Å². The number of likely N-dealkylation sites (N-methyl/N-ethyl adjacent to an activating group) is 1. The smallest absolute Gasteiger partial charge is 0.261 e. The molecule has 0 bridgehead atoms. The molecule has 1 aromatic rings. The summed E-state index contributed by atoms with van der Waals surface area (Å²) in [6.07, 6.45) is 3.54. The molecule has 1 aliphatic rings. The van der Waals surface area contributed by atoms with Gasteiger partial charge in [0.05, 0.1) is 6.07 Å². The van der Waals surface area contributed by atoms with E-state index >= 15 is 0 Å². The van der Waals surface area contributed by atoms with Crippen LogP contribution in [-0.2, 0) is 4.79 Å². The molecule has 0 N–H and O–H groups in total. The van der Waals surface area contributed by atoms with Gasteiger partial charge in [0.2, 0.25) is 0 Å². The topological polar surface area (TPSA) is 53.3 Å². The first-order valence-electron chi connectivity index (χ1n) is 7.93. The minimum absolute atomic E-state index is 0.0205. The number of para-hydroxylation sites is 1. The van der Waals surface area contributed by atoms with Gasteiger partial charge >= 0.3 is 0 Å². The first-order chi connectivity index (χ1) is 10.5. The van der Waals surface area contributed by atoms with Crippen LogP contribution in [0.5, 0.6) is 5.75 Å². The molecule has 0 aromatic heterocycles. The Kier molecular flexibility index (Phi) is 5.07. The third kappa shape index (κ3) is 3.09. The third-order valence-corrected chi connectivity index (χ3v) is 4.82. The van der Waals surface area contributed by atoms with Gasteiger partial charge in [-0.05, 0) is 43.2 Å². The highest BCUT2D eigenvalue weighted by Crippen LogP contribution is 2.36. The van der Waals surface area contributed by atoms with E-state index < -0.39 is 5.54 Å². The monoisotopic (exact) mass is 300 g/mol. The summed E-state index contributed by atoms with van der Waals surface area (Å²) in [6, 6.07) is 10.1. The molecule has 0 heterocycles. The van der Waals surface area contributed by atoms with Crippen LogP contribution in [-0.4, -0.2) is 30.0 Å². The van der Waals surface area contributed by atoms with Crippen molar-refractivity contribution in [3.8, 4) is 11.8 Å². The second kappa shape index (κ2) is 6.83. The maximum Gasteiger partial charge on any atom is 0.261 e. The molecule has 0 aliphatic heterocycles. The van der Waals surface area contributed by atoms with Gasteiger partial charge in [-0.1, -0.05) is 32.0 Å². The summed E-state index contributed by atoms with van der Waals surface area (Å²) in [6.45, 7) is 4.26. The Morgan fingerprint density at radius 1 is 1.45 bits per heavy atom. The Labute approximate surface area is 132 Å². The van der Waals surface area contributed by atoms with Crippen molar-refractivity contribution in [2.45, 2.75) is 51.0 Å². The molecule has 0 saturated heterocycles. The van der Waals surface area contributed by atoms with Crippen molar-refractivity contribution in [3.63, 3.8) is 0 Å². The lowest BCUT2D eigenvalue weighted by Crippen LogP contribution is -2.54. The second-order valence-corrected chi connectivity index (χ2v) is 6.09. The van der Waals surface area contributed by atoms with Crippen LogP contribution in [0.25, 0.3) is 0 Å². The van der Waals surface area contributed by atoms with Crippen LogP contribution >= 0.6 is 0 Å². The first kappa shape index (κ1) is 16.4. The van der Waals surface area contributed by atoms with Crippen LogP contribution in [0.1, 0.15) is 51.0 Å². The molecule has 1 amide bonds. The van der Waals surface area contributed by atoms with Crippen LogP contribution in [0.15, 0.2) is 24.3 Å². The van der Waals surface area contributed by atoms with E-state index in [0.717, 1.165) is 37.0 Å². The summed E-state index contributed by atoms with van der Waals surface area (Å²) in [4.78, 5) is 13.9. The lowest BCUT2D eigenvalue weighted by Gasteiger charge is -2.42. The predicted octanol–water partition coefficient (Wildman–Crippen LogP) is 3.48. The number of amides is 1. The molecule has 2 rings (SSSR count). The second-order valence-electron chi connectivity index (χ2n) is 6.09. The standard InChI is InChI=1S/C18H24N2O2/c1-4-14(2)15-8-5-6-9-16(15)22-12-17(21)20(3)18(13-19)10-7-11-18/h5-6,8-9,14H,4,7,10-12H2,1-3H3. The molecule has 118 valence electrons. The van der Waals surface area contributed by atoms with Gasteiger partial charge < -0.3 is 9.64 Å². The molecule has 0 spiro atoms. The van der Waals surface area contributed by atoms with E-state index in [1.165, 1.54) is 0 Å². The fourth-order valence-electron chi connectivity index (χ4n) is 2.75. The lowest BCUT2D eigenvalue weighted by atomic mass is 9.77. The van der Waals surface area contributed by atoms with Gasteiger partial charge in [0.15, 0.2) is 6.61 Å². The van der Waals surface area contributed by atoms with Crippen LogP contribution in [0.3, 0.4) is 0 Å². The minimum Gasteiger partial charge on any atom is -0.483 e. The summed E-state index contributed by atoms with van der Waals surface area (Å²) >= 11 is 0. The van der Waals surface area contributed by atoms with Gasteiger partial charge in [-0.25, -0.2) is 0 Å². The highest BCUT2D eigenvalue weighted by atomic mass is 16.5. The van der Waals surface area contributed by atoms with E-state index in [-0.39, 0.29) is 12.5 Å². The molecule has 1 aliphatic carbocycles. The number of hydrogen-bond donors (Lipinski definition) is 0. The maximum absolute atomic E-state index is 12.3. The Bertz CT molecular complexity index is 573. The molecule has 22 heavy (non-hydrogen) atoms. The summed E-state index contributed by atoms with van der Waals surface area (Å²) in [7, 11) is 1.70. The molecule has 1 unspecified atom stereocenters. The van der Waals surface area contributed by atoms with Crippen molar-refractivity contribution < 1.29 is 9.53 Å². The third-order valence-electron chi connectivity index (χ3n) is 4.82. The zero-order chi connectivity index (χ0) is 16.2. The molecule has 4 heteroatoms. The summed E-state index contributed by atoms with van der Waals surface area (Å²) < 4.78 is 5.75.